The fourth-order valence-electron chi connectivity index (χ4n) is 12.1. The number of nitrogens with zero attached hydrogens (tertiary/aromatic N) is 17. The zero-order chi connectivity index (χ0) is 56.1. The molecule has 6 aliphatic heterocycles. The maximum Gasteiger partial charge on any atom is 0.368 e. The Kier molecular flexibility index (Phi) is 15.4. The number of nitro benzene ring substituents is 1. The number of fused-ring (bicyclic) bond motifs is 2. The Hall–Kier alpha value is -7.27. The third-order valence-electron chi connectivity index (χ3n) is 15.8. The molecule has 2 aromatic carbocycles. The zero-order valence-electron chi connectivity index (χ0n) is 44.7. The van der Waals surface area contributed by atoms with Gasteiger partial charge in [-0.15, -0.1) is 0 Å². The van der Waals surface area contributed by atoms with E-state index in [0.29, 0.717) is 55.3 Å². The van der Waals surface area contributed by atoms with E-state index in [1.165, 1.54) is 63.1 Å². The Morgan fingerprint density at radius 3 is 1.65 bits per heavy atom. The van der Waals surface area contributed by atoms with Crippen LogP contribution >= 0.6 is 11.6 Å². The number of aliphatic hydroxyl groups is 2. The van der Waals surface area contributed by atoms with Crippen molar-refractivity contribution in [3.63, 3.8) is 0 Å². The van der Waals surface area contributed by atoms with E-state index in [1.54, 1.807) is 12.1 Å². The van der Waals surface area contributed by atoms with E-state index in [2.05, 4.69) is 94.2 Å². The lowest BCUT2D eigenvalue weighted by molar-refractivity contribution is -0.384. The number of halogens is 3. The number of benzene rings is 2. The molecule has 6 saturated heterocycles. The minimum Gasteiger partial charge on any atom is -0.389 e. The monoisotopic (exact) mass is 1110 g/mol. The topological polar surface area (TPSA) is 290 Å². The van der Waals surface area contributed by atoms with Crippen LogP contribution < -0.4 is 37.1 Å². The van der Waals surface area contributed by atoms with Gasteiger partial charge in [-0.3, -0.25) is 19.9 Å². The SMILES string of the molecule is CC1(C)C[C@H](Nc2nc(Cl)ncc2F)C[C@@H]2CCCN21.Cn1nnn(-c2cc(Nc3ncc(F)c(N[C@@H]4C[C@@H]5CCCN5C(C)(C)C4)n3)ccc2N2CC(O)C2)c1=O.Cn1nnn(-c2cc([N+](=O)[O-])ccc2N2CC(O)C2)c1=O. The van der Waals surface area contributed by atoms with Crippen molar-refractivity contribution in [3.05, 3.63) is 96.8 Å². The summed E-state index contributed by atoms with van der Waals surface area (Å²) >= 11 is 5.74. The number of β-amino-alcohol motifs (C(OH)–C–C–N with tert-alkyl or cyclic N) is 2. The van der Waals surface area contributed by atoms with E-state index in [-0.39, 0.29) is 57.4 Å². The molecule has 79 heavy (non-hydrogen) atoms. The average molecular weight is 1120 g/mol. The van der Waals surface area contributed by atoms with Crippen LogP contribution in [0.2, 0.25) is 5.28 Å². The van der Waals surface area contributed by atoms with Crippen molar-refractivity contribution in [3.8, 4) is 11.4 Å². The molecule has 26 nitrogen and oxygen atoms in total. The van der Waals surface area contributed by atoms with Crippen LogP contribution in [0.15, 0.2) is 58.4 Å². The number of aryl methyl sites for hydroxylation is 2. The first-order valence-corrected chi connectivity index (χ1v) is 26.8. The molecule has 6 aliphatic rings. The van der Waals surface area contributed by atoms with Crippen LogP contribution in [0.3, 0.4) is 0 Å². The number of hydrogen-bond acceptors (Lipinski definition) is 21. The van der Waals surface area contributed by atoms with Crippen LogP contribution in [0.4, 0.5) is 49.1 Å². The van der Waals surface area contributed by atoms with Crippen molar-refractivity contribution in [1.29, 1.82) is 0 Å². The molecule has 0 aliphatic carbocycles. The standard InChI is InChI=1S/C25H33FN10O2.C14H20ClFN4.C11H12N6O4/c1-25(2)11-16(9-17-5-4-8-35(17)25)28-22-19(26)12-27-23(30-22)29-15-6-7-20(34-13-18(37)14-34)21(10-15)36-24(38)33(3)31-32-36;1-14(2)7-9(6-10-4-3-5-20(10)14)18-12-11(16)8-17-13(15)19-12;1-14-11(19)16(13-12-14)10-4-7(17(20)21)2-3-9(10)15-5-8(18)6-15/h6-7,10,12,16-18,37H,4-5,8-9,11,13-14H2,1-3H3,(H2,27,28,29,30);8-10H,3-7H2,1-2H3,(H,17,18,19);2-4,8,18H,5-6H2,1H3/t16-,17+;9-,10+;/m11./s1. The Labute approximate surface area is 457 Å². The van der Waals surface area contributed by atoms with Gasteiger partial charge in [-0.1, -0.05) is 0 Å². The Morgan fingerprint density at radius 2 is 1.16 bits per heavy atom. The molecule has 0 unspecified atom stereocenters. The third kappa shape index (κ3) is 11.7. The van der Waals surface area contributed by atoms with Crippen LogP contribution in [0.1, 0.15) is 79.1 Å². The molecule has 4 aromatic heterocycles. The molecule has 6 aromatic rings. The molecule has 12 rings (SSSR count). The van der Waals surface area contributed by atoms with Gasteiger partial charge in [-0.05, 0) is 149 Å². The second-order valence-corrected chi connectivity index (χ2v) is 22.7. The summed E-state index contributed by atoms with van der Waals surface area (Å²) in [5.74, 6) is -0.318. The molecule has 5 N–H and O–H groups in total. The molecule has 422 valence electrons. The van der Waals surface area contributed by atoms with Gasteiger partial charge < -0.3 is 36.0 Å². The second kappa shape index (κ2) is 22.1. The van der Waals surface area contributed by atoms with E-state index >= 15 is 0 Å². The van der Waals surface area contributed by atoms with Gasteiger partial charge >= 0.3 is 11.4 Å². The predicted molar refractivity (Wildman–Crippen MR) is 289 cm³/mol. The van der Waals surface area contributed by atoms with Gasteiger partial charge in [0.1, 0.15) is 5.69 Å². The molecule has 0 spiro atoms. The highest BCUT2D eigenvalue weighted by molar-refractivity contribution is 6.28. The molecule has 0 radical (unpaired) electrons. The Balaban J connectivity index is 0.000000145. The third-order valence-corrected chi connectivity index (χ3v) is 15.9. The highest BCUT2D eigenvalue weighted by Gasteiger charge is 2.44. The normalized spacial score (nSPS) is 22.6. The molecule has 4 atom stereocenters. The van der Waals surface area contributed by atoms with E-state index < -0.39 is 40.1 Å². The fraction of sp³-hybridized carbons (Fsp3) is 0.560. The lowest BCUT2D eigenvalue weighted by Gasteiger charge is -2.47. The van der Waals surface area contributed by atoms with Crippen molar-refractivity contribution in [1.82, 2.24) is 69.3 Å². The van der Waals surface area contributed by atoms with Gasteiger partial charge in [0.2, 0.25) is 11.2 Å². The van der Waals surface area contributed by atoms with Gasteiger partial charge in [0.25, 0.3) is 5.69 Å². The van der Waals surface area contributed by atoms with Gasteiger partial charge in [-0.25, -0.2) is 28.3 Å². The number of anilines is 6. The van der Waals surface area contributed by atoms with Crippen molar-refractivity contribution < 1.29 is 23.9 Å². The summed E-state index contributed by atoms with van der Waals surface area (Å²) in [6.45, 7) is 13.1. The first kappa shape index (κ1) is 55.1. The number of tetrazole rings is 2. The van der Waals surface area contributed by atoms with Crippen LogP contribution in [0, 0.1) is 21.7 Å². The smallest absolute Gasteiger partial charge is 0.368 e. The molecular weight excluding hydrogens is 1050 g/mol. The van der Waals surface area contributed by atoms with Gasteiger partial charge in [0.15, 0.2) is 23.3 Å². The van der Waals surface area contributed by atoms with E-state index in [0.717, 1.165) is 64.4 Å². The number of piperidine rings is 2. The summed E-state index contributed by atoms with van der Waals surface area (Å²) in [7, 11) is 2.97. The summed E-state index contributed by atoms with van der Waals surface area (Å²) in [4.78, 5) is 60.1. The predicted octanol–water partition coefficient (Wildman–Crippen LogP) is 3.78. The number of rotatable bonds is 11. The maximum atomic E-state index is 14.8. The largest absolute Gasteiger partial charge is 0.389 e. The van der Waals surface area contributed by atoms with Crippen LogP contribution in [0.5, 0.6) is 0 Å². The summed E-state index contributed by atoms with van der Waals surface area (Å²) in [6, 6.07) is 11.0. The summed E-state index contributed by atoms with van der Waals surface area (Å²) in [5, 5.41) is 55.0. The van der Waals surface area contributed by atoms with Gasteiger partial charge in [-0.2, -0.15) is 28.7 Å². The lowest BCUT2D eigenvalue weighted by atomic mass is 9.84. The molecule has 10 heterocycles. The van der Waals surface area contributed by atoms with Crippen molar-refractivity contribution in [2.24, 2.45) is 14.1 Å². The highest BCUT2D eigenvalue weighted by atomic mass is 35.5. The van der Waals surface area contributed by atoms with E-state index in [4.69, 9.17) is 11.6 Å². The first-order chi connectivity index (χ1) is 37.6. The summed E-state index contributed by atoms with van der Waals surface area (Å²) in [5.41, 5.74) is 1.85. The Morgan fingerprint density at radius 1 is 0.684 bits per heavy atom. The van der Waals surface area contributed by atoms with Crippen LogP contribution in [-0.4, -0.2) is 171 Å². The Bertz CT molecular complexity index is 3320. The van der Waals surface area contributed by atoms with Crippen molar-refractivity contribution in [2.75, 3.05) is 65.0 Å². The molecule has 0 amide bonds. The van der Waals surface area contributed by atoms with Crippen molar-refractivity contribution in [2.45, 2.75) is 127 Å². The zero-order valence-corrected chi connectivity index (χ0v) is 45.5. The molecule has 29 heteroatoms. The second-order valence-electron chi connectivity index (χ2n) is 22.4. The van der Waals surface area contributed by atoms with E-state index in [1.807, 2.05) is 21.9 Å². The number of nitrogens with one attached hydrogen (secondary N) is 3. The minimum atomic E-state index is -0.542. The number of hydrogen-bond donors (Lipinski definition) is 5. The first-order valence-electron chi connectivity index (χ1n) is 26.4. The maximum absolute atomic E-state index is 14.8. The van der Waals surface area contributed by atoms with Crippen LogP contribution in [-0.2, 0) is 14.1 Å². The lowest BCUT2D eigenvalue weighted by Crippen LogP contribution is -2.55. The number of aliphatic hydroxyl groups excluding tert-OH is 2. The number of non-ortho nitro benzene ring substituents is 1. The highest BCUT2D eigenvalue weighted by Crippen LogP contribution is 2.41. The molecular formula is C50H65ClF2N20O6. The molecule has 6 fully saturated rings. The van der Waals surface area contributed by atoms with Crippen LogP contribution in [0.25, 0.3) is 11.4 Å². The number of aromatic nitrogens is 12. The van der Waals surface area contributed by atoms with Gasteiger partial charge in [0.05, 0.1) is 46.6 Å². The van der Waals surface area contributed by atoms with E-state index in [9.17, 15) is 38.7 Å². The van der Waals surface area contributed by atoms with Crippen molar-refractivity contribution >= 4 is 51.9 Å². The average Bonchev–Trinajstić information content (AvgIpc) is 4.25. The molecule has 0 bridgehead atoms. The molecule has 0 saturated carbocycles. The quantitative estimate of drug-likeness (QED) is 0.0701. The number of nitro groups is 1. The summed E-state index contributed by atoms with van der Waals surface area (Å²) < 4.78 is 32.9. The summed E-state index contributed by atoms with van der Waals surface area (Å²) in [6.07, 6.45) is 10.2. The minimum absolute atomic E-state index is 0.0464. The fourth-order valence-corrected chi connectivity index (χ4v) is 12.2. The van der Waals surface area contributed by atoms with Gasteiger partial charge in [0, 0.05) is 93.3 Å².